The van der Waals surface area contributed by atoms with E-state index < -0.39 is 60.7 Å². The van der Waals surface area contributed by atoms with Crippen molar-refractivity contribution in [3.8, 4) is 0 Å². The van der Waals surface area contributed by atoms with Crippen LogP contribution in [0.2, 0.25) is 0 Å². The van der Waals surface area contributed by atoms with Crippen LogP contribution >= 0.6 is 0 Å². The Morgan fingerprint density at radius 3 is 2.06 bits per heavy atom. The minimum atomic E-state index is -4.81. The number of piperidine rings is 1. The van der Waals surface area contributed by atoms with Crippen LogP contribution in [-0.2, 0) is 4.79 Å². The van der Waals surface area contributed by atoms with E-state index in [0.717, 1.165) is 32.1 Å². The van der Waals surface area contributed by atoms with Crippen LogP contribution < -0.4 is 5.32 Å². The normalized spacial score (nSPS) is 37.8. The molecule has 0 amide bonds. The average molecular weight is 468 g/mol. The first-order chi connectivity index (χ1) is 15.1. The van der Waals surface area contributed by atoms with Gasteiger partial charge in [-0.1, -0.05) is 46.0 Å². The molecular weight excluding hydrogens is 429 g/mol. The van der Waals surface area contributed by atoms with Crippen molar-refractivity contribution in [3.05, 3.63) is 0 Å². The molecule has 0 aromatic carbocycles. The van der Waals surface area contributed by atoms with Crippen molar-refractivity contribution >= 4 is 5.78 Å². The molecule has 3 fully saturated rings. The molecule has 1 aliphatic heterocycles. The van der Waals surface area contributed by atoms with Gasteiger partial charge in [0.1, 0.15) is 11.8 Å². The van der Waals surface area contributed by atoms with Crippen LogP contribution in [0.1, 0.15) is 71.6 Å². The number of nitrogens with one attached hydrogen (secondary N) is 1. The van der Waals surface area contributed by atoms with Gasteiger partial charge >= 0.3 is 6.18 Å². The van der Waals surface area contributed by atoms with Crippen LogP contribution in [-0.4, -0.2) is 42.2 Å². The molecule has 2 aliphatic carbocycles. The molecule has 0 radical (unpaired) electrons. The number of rotatable bonds is 6. The van der Waals surface area contributed by atoms with E-state index in [0.29, 0.717) is 37.5 Å². The van der Waals surface area contributed by atoms with Gasteiger partial charge in [-0.15, -0.1) is 0 Å². The number of hydrogen-bond acceptors (Lipinski definition) is 3. The molecule has 1 heterocycles. The fourth-order valence-corrected chi connectivity index (χ4v) is 6.81. The van der Waals surface area contributed by atoms with Gasteiger partial charge in [0, 0.05) is 24.4 Å². The molecular formula is C24H38F5NO2. The van der Waals surface area contributed by atoms with Gasteiger partial charge in [0.25, 0.3) is 6.43 Å². The van der Waals surface area contributed by atoms with Crippen LogP contribution in [0.5, 0.6) is 0 Å². The van der Waals surface area contributed by atoms with Gasteiger partial charge in [-0.25, -0.2) is 8.78 Å². The number of aliphatic hydroxyl groups is 1. The average Bonchev–Trinajstić information content (AvgIpc) is 2.77. The molecule has 5 unspecified atom stereocenters. The number of aliphatic hydroxyl groups excluding tert-OH is 1. The highest BCUT2D eigenvalue weighted by Crippen LogP contribution is 2.49. The lowest BCUT2D eigenvalue weighted by Gasteiger charge is -2.51. The lowest BCUT2D eigenvalue weighted by atomic mass is 9.59. The maximum atomic E-state index is 14.2. The second kappa shape index (κ2) is 10.7. The monoisotopic (exact) mass is 467 g/mol. The number of carbonyl (C=O) groups excluding carboxylic acids is 1. The predicted octanol–water partition coefficient (Wildman–Crippen LogP) is 5.61. The Hall–Kier alpha value is -0.760. The van der Waals surface area contributed by atoms with Gasteiger partial charge in [-0.2, -0.15) is 13.2 Å². The second-order valence-electron chi connectivity index (χ2n) is 10.7. The van der Waals surface area contributed by atoms with Gasteiger partial charge < -0.3 is 5.11 Å². The zero-order valence-electron chi connectivity index (χ0n) is 19.1. The fraction of sp³-hybridized carbons (Fsp3) is 0.958. The first-order valence-corrected chi connectivity index (χ1v) is 12.3. The third kappa shape index (κ3) is 5.48. The summed E-state index contributed by atoms with van der Waals surface area (Å²) in [5, 5.41) is 12.1. The van der Waals surface area contributed by atoms with E-state index in [9.17, 15) is 31.9 Å². The number of alkyl halides is 5. The van der Waals surface area contributed by atoms with Gasteiger partial charge in [0.2, 0.25) is 0 Å². The molecule has 0 spiro atoms. The highest BCUT2D eigenvalue weighted by atomic mass is 19.4. The Morgan fingerprint density at radius 1 is 1.00 bits per heavy atom. The van der Waals surface area contributed by atoms with Crippen LogP contribution in [0.15, 0.2) is 0 Å². The molecule has 0 aromatic heterocycles. The first kappa shape index (κ1) is 25.9. The minimum Gasteiger partial charge on any atom is -0.396 e. The summed E-state index contributed by atoms with van der Waals surface area (Å²) in [6, 6.07) is -4.05. The topological polar surface area (TPSA) is 49.3 Å². The third-order valence-corrected chi connectivity index (χ3v) is 8.58. The molecule has 3 nitrogen and oxygen atoms in total. The SMILES string of the molecule is CC(C)C1CCC(C(=O)C2C(C3CCCCC3)C(CO)C(C(F)F)NC2C(F)(F)F)CC1. The summed E-state index contributed by atoms with van der Waals surface area (Å²) in [7, 11) is 0. The summed E-state index contributed by atoms with van der Waals surface area (Å²) in [4.78, 5) is 13.7. The Kier molecular flexibility index (Phi) is 8.62. The Bertz CT molecular complexity index is 612. The molecule has 186 valence electrons. The van der Waals surface area contributed by atoms with Crippen molar-refractivity contribution in [2.45, 2.75) is 96.3 Å². The molecule has 0 bridgehead atoms. The summed E-state index contributed by atoms with van der Waals surface area (Å²) in [5.74, 6) is -3.55. The molecule has 0 aromatic rings. The van der Waals surface area contributed by atoms with Gasteiger partial charge in [0.05, 0.1) is 6.04 Å². The number of Topliss-reactive ketones (excluding diaryl/α,β-unsaturated/α-hetero) is 1. The zero-order valence-corrected chi connectivity index (χ0v) is 19.1. The maximum Gasteiger partial charge on any atom is 0.404 e. The van der Waals surface area contributed by atoms with Crippen LogP contribution in [0.3, 0.4) is 0 Å². The van der Waals surface area contributed by atoms with Crippen LogP contribution in [0.4, 0.5) is 22.0 Å². The molecule has 2 N–H and O–H groups in total. The number of hydrogen-bond donors (Lipinski definition) is 2. The molecule has 5 atom stereocenters. The van der Waals surface area contributed by atoms with Crippen LogP contribution in [0, 0.1) is 41.4 Å². The summed E-state index contributed by atoms with van der Waals surface area (Å²) in [6.45, 7) is 3.59. The largest absolute Gasteiger partial charge is 0.404 e. The predicted molar refractivity (Wildman–Crippen MR) is 112 cm³/mol. The fourth-order valence-electron chi connectivity index (χ4n) is 6.81. The van der Waals surface area contributed by atoms with Gasteiger partial charge in [-0.3, -0.25) is 10.1 Å². The third-order valence-electron chi connectivity index (χ3n) is 8.58. The van der Waals surface area contributed by atoms with Crippen LogP contribution in [0.25, 0.3) is 0 Å². The molecule has 1 saturated heterocycles. The Balaban J connectivity index is 1.95. The quantitative estimate of drug-likeness (QED) is 0.500. The molecule has 2 saturated carbocycles. The highest BCUT2D eigenvalue weighted by molar-refractivity contribution is 5.85. The van der Waals surface area contributed by atoms with Gasteiger partial charge in [0.15, 0.2) is 0 Å². The summed E-state index contributed by atoms with van der Waals surface area (Å²) < 4.78 is 70.2. The highest BCUT2D eigenvalue weighted by Gasteiger charge is 2.60. The van der Waals surface area contributed by atoms with E-state index in [-0.39, 0.29) is 5.92 Å². The molecule has 3 rings (SSSR count). The second-order valence-corrected chi connectivity index (χ2v) is 10.7. The molecule has 32 heavy (non-hydrogen) atoms. The van der Waals surface area contributed by atoms with E-state index in [1.807, 2.05) is 0 Å². The first-order valence-electron chi connectivity index (χ1n) is 12.3. The number of halogens is 5. The summed E-state index contributed by atoms with van der Waals surface area (Å²) in [5.41, 5.74) is 0. The van der Waals surface area contributed by atoms with Crippen molar-refractivity contribution in [1.29, 1.82) is 0 Å². The molecule has 3 aliphatic rings. The zero-order chi connectivity index (χ0) is 23.6. The van der Waals surface area contributed by atoms with Crippen molar-refractivity contribution in [2.24, 2.45) is 41.4 Å². The van der Waals surface area contributed by atoms with E-state index >= 15 is 0 Å². The van der Waals surface area contributed by atoms with Crippen molar-refractivity contribution in [3.63, 3.8) is 0 Å². The summed E-state index contributed by atoms with van der Waals surface area (Å²) in [6.07, 6.45) is -1.25. The van der Waals surface area contributed by atoms with Crippen molar-refractivity contribution in [1.82, 2.24) is 5.32 Å². The standard InChI is InChI=1S/C24H38F5NO2/c1-13(2)14-8-10-16(11-9-14)21(32)19-18(15-6-4-3-5-7-15)17(12-31)20(23(25)26)30-22(19)24(27,28)29/h13-20,22-23,30-31H,3-12H2,1-2H3. The van der Waals surface area contributed by atoms with E-state index in [4.69, 9.17) is 0 Å². The van der Waals surface area contributed by atoms with E-state index in [1.165, 1.54) is 0 Å². The smallest absolute Gasteiger partial charge is 0.396 e. The Labute approximate surface area is 187 Å². The van der Waals surface area contributed by atoms with E-state index in [2.05, 4.69) is 19.2 Å². The Morgan fingerprint density at radius 2 is 1.59 bits per heavy atom. The maximum absolute atomic E-state index is 14.2. The van der Waals surface area contributed by atoms with Crippen molar-refractivity contribution in [2.75, 3.05) is 6.61 Å². The summed E-state index contributed by atoms with van der Waals surface area (Å²) >= 11 is 0. The van der Waals surface area contributed by atoms with Gasteiger partial charge in [-0.05, 0) is 49.4 Å². The lowest BCUT2D eigenvalue weighted by molar-refractivity contribution is -0.203. The van der Waals surface area contributed by atoms with E-state index in [1.54, 1.807) is 0 Å². The number of carbonyl (C=O) groups is 1. The molecule has 8 heteroatoms. The lowest BCUT2D eigenvalue weighted by Crippen LogP contribution is -2.67. The minimum absolute atomic E-state index is 0.241. The van der Waals surface area contributed by atoms with Crippen molar-refractivity contribution < 1.29 is 31.9 Å². The number of ketones is 1.